The molecule has 3 aliphatic carbocycles. The van der Waals surface area contributed by atoms with Gasteiger partial charge in [-0.1, -0.05) is 49.2 Å². The molecule has 41 heavy (non-hydrogen) atoms. The van der Waals surface area contributed by atoms with Gasteiger partial charge in [-0.05, 0) is 86.2 Å². The van der Waals surface area contributed by atoms with E-state index in [4.69, 9.17) is 27.9 Å². The van der Waals surface area contributed by atoms with E-state index in [1.54, 1.807) is 18.2 Å². The van der Waals surface area contributed by atoms with E-state index in [-0.39, 0.29) is 48.5 Å². The van der Waals surface area contributed by atoms with Crippen LogP contribution in [-0.4, -0.2) is 69.3 Å². The number of aliphatic hydroxyl groups is 1. The van der Waals surface area contributed by atoms with Crippen molar-refractivity contribution < 1.29 is 19.7 Å². The molecule has 5 atom stereocenters. The highest BCUT2D eigenvalue weighted by Gasteiger charge is 2.73. The Morgan fingerprint density at radius 3 is 2.63 bits per heavy atom. The van der Waals surface area contributed by atoms with Crippen LogP contribution in [0, 0.1) is 11.8 Å². The summed E-state index contributed by atoms with van der Waals surface area (Å²) in [6.45, 7) is 6.77. The number of likely N-dealkylation sites (tertiary alicyclic amines) is 1. The number of piperidine rings is 1. The molecule has 1 amide bonds. The van der Waals surface area contributed by atoms with Gasteiger partial charge >= 0.3 is 0 Å². The van der Waals surface area contributed by atoms with Gasteiger partial charge in [0.1, 0.15) is 6.10 Å². The molecule has 1 spiro atoms. The van der Waals surface area contributed by atoms with Gasteiger partial charge in [0.2, 0.25) is 5.91 Å². The second-order valence-electron chi connectivity index (χ2n) is 13.3. The molecule has 7 rings (SSSR count). The molecular formula is C32H39Cl3N2O4. The van der Waals surface area contributed by atoms with Crippen molar-refractivity contribution in [2.75, 3.05) is 19.6 Å². The van der Waals surface area contributed by atoms with Gasteiger partial charge in [-0.3, -0.25) is 9.69 Å². The van der Waals surface area contributed by atoms with Gasteiger partial charge < -0.3 is 19.8 Å². The number of hydrogen-bond donors (Lipinski definition) is 2. The van der Waals surface area contributed by atoms with Gasteiger partial charge in [0.25, 0.3) is 0 Å². The van der Waals surface area contributed by atoms with E-state index in [0.717, 1.165) is 43.0 Å². The van der Waals surface area contributed by atoms with Gasteiger partial charge in [-0.15, -0.1) is 12.4 Å². The highest BCUT2D eigenvalue weighted by Crippen LogP contribution is 2.66. The summed E-state index contributed by atoms with van der Waals surface area (Å²) in [5.41, 5.74) is 1.36. The molecule has 2 aliphatic heterocycles. The zero-order chi connectivity index (χ0) is 28.0. The van der Waals surface area contributed by atoms with Crippen LogP contribution in [0.2, 0.25) is 10.0 Å². The molecule has 2 heterocycles. The number of nitrogens with zero attached hydrogens (tertiary/aromatic N) is 2. The number of hydrogen-bond acceptors (Lipinski definition) is 5. The summed E-state index contributed by atoms with van der Waals surface area (Å²) in [6, 6.07) is 8.92. The number of aromatic hydroxyl groups is 1. The fourth-order valence-corrected chi connectivity index (χ4v) is 8.84. The molecule has 2 N–H and O–H groups in total. The summed E-state index contributed by atoms with van der Waals surface area (Å²) in [5.74, 6) is 1.65. The molecule has 3 fully saturated rings. The lowest BCUT2D eigenvalue weighted by Crippen LogP contribution is -2.78. The lowest BCUT2D eigenvalue weighted by Gasteiger charge is -2.65. The molecule has 6 nitrogen and oxygen atoms in total. The van der Waals surface area contributed by atoms with Crippen molar-refractivity contribution in [3.05, 3.63) is 57.1 Å². The first-order valence-electron chi connectivity index (χ1n) is 14.8. The summed E-state index contributed by atoms with van der Waals surface area (Å²) < 4.78 is 6.75. The maximum atomic E-state index is 14.0. The van der Waals surface area contributed by atoms with Crippen molar-refractivity contribution in [3.8, 4) is 11.5 Å². The monoisotopic (exact) mass is 620 g/mol. The Kier molecular flexibility index (Phi) is 7.51. The minimum absolute atomic E-state index is 0. The number of benzene rings is 2. The smallest absolute Gasteiger partial charge is 0.227 e. The number of carbonyl (C=O) groups excluding carboxylic acids is 1. The average Bonchev–Trinajstić information content (AvgIpc) is 3.65. The van der Waals surface area contributed by atoms with Gasteiger partial charge in [0, 0.05) is 24.7 Å². The number of amides is 1. The Balaban J connectivity index is 0.00000302. The summed E-state index contributed by atoms with van der Waals surface area (Å²) >= 11 is 12.4. The van der Waals surface area contributed by atoms with Crippen LogP contribution in [0.3, 0.4) is 0 Å². The zero-order valence-electron chi connectivity index (χ0n) is 23.6. The molecular weight excluding hydrogens is 583 g/mol. The van der Waals surface area contributed by atoms with E-state index >= 15 is 0 Å². The highest BCUT2D eigenvalue weighted by atomic mass is 35.5. The molecule has 2 bridgehead atoms. The van der Waals surface area contributed by atoms with E-state index in [0.29, 0.717) is 35.2 Å². The van der Waals surface area contributed by atoms with Crippen molar-refractivity contribution in [2.24, 2.45) is 11.8 Å². The molecule has 2 aromatic carbocycles. The predicted octanol–water partition coefficient (Wildman–Crippen LogP) is 5.78. The van der Waals surface area contributed by atoms with E-state index in [2.05, 4.69) is 18.7 Å². The Hall–Kier alpha value is -1.70. The first-order chi connectivity index (χ1) is 19.1. The Morgan fingerprint density at radius 2 is 1.93 bits per heavy atom. The molecule has 2 aromatic rings. The van der Waals surface area contributed by atoms with Gasteiger partial charge in [0.15, 0.2) is 11.5 Å². The van der Waals surface area contributed by atoms with E-state index in [9.17, 15) is 15.0 Å². The number of rotatable bonds is 7. The van der Waals surface area contributed by atoms with Crippen molar-refractivity contribution >= 4 is 41.5 Å². The van der Waals surface area contributed by atoms with Crippen LogP contribution < -0.4 is 4.74 Å². The third-order valence-electron chi connectivity index (χ3n) is 10.4. The summed E-state index contributed by atoms with van der Waals surface area (Å²) in [7, 11) is 0. The Bertz CT molecular complexity index is 1370. The van der Waals surface area contributed by atoms with E-state index in [1.807, 2.05) is 17.0 Å². The molecule has 9 heteroatoms. The summed E-state index contributed by atoms with van der Waals surface area (Å²) in [6.07, 6.45) is 5.13. The van der Waals surface area contributed by atoms with Crippen molar-refractivity contribution in [1.29, 1.82) is 0 Å². The van der Waals surface area contributed by atoms with E-state index in [1.165, 1.54) is 18.4 Å². The number of halogens is 3. The van der Waals surface area contributed by atoms with Crippen LogP contribution in [0.4, 0.5) is 0 Å². The average molecular weight is 622 g/mol. The van der Waals surface area contributed by atoms with Gasteiger partial charge in [0.05, 0.1) is 33.5 Å². The van der Waals surface area contributed by atoms with Gasteiger partial charge in [-0.25, -0.2) is 0 Å². The fourth-order valence-electron chi connectivity index (χ4n) is 8.52. The number of carbonyl (C=O) groups is 1. The standard InChI is InChI=1S/C32H38Cl2N2O4.ClH/c1-18(2)16-36(27(38)14-20-5-7-22(33)23(34)13-20)24-9-10-32(39)26-15-21-6-8-25(37)29-28(21)31(32,30(24)40-29)11-12-35(26)17-19-3-4-19;/h5-8,13,18-19,24,26,30,37,39H,3-4,9-12,14-17H2,1-2H3;1H/t24?,26-,30?,31+,32-;/m1./s1. The van der Waals surface area contributed by atoms with Crippen LogP contribution in [0.25, 0.3) is 0 Å². The third-order valence-corrected chi connectivity index (χ3v) is 11.1. The molecule has 5 aliphatic rings. The normalized spacial score (nSPS) is 31.3. The first kappa shape index (κ1) is 29.4. The molecule has 222 valence electrons. The molecule has 2 saturated carbocycles. The molecule has 0 aromatic heterocycles. The quantitative estimate of drug-likeness (QED) is 0.410. The van der Waals surface area contributed by atoms with Crippen LogP contribution >= 0.6 is 35.6 Å². The summed E-state index contributed by atoms with van der Waals surface area (Å²) in [5, 5.41) is 24.7. The maximum absolute atomic E-state index is 14.0. The largest absolute Gasteiger partial charge is 0.504 e. The third kappa shape index (κ3) is 4.47. The minimum atomic E-state index is -0.969. The van der Waals surface area contributed by atoms with Crippen LogP contribution in [0.15, 0.2) is 30.3 Å². The molecule has 2 unspecified atom stereocenters. The second-order valence-corrected chi connectivity index (χ2v) is 14.1. The molecule has 1 saturated heterocycles. The van der Waals surface area contributed by atoms with Crippen LogP contribution in [-0.2, 0) is 23.1 Å². The van der Waals surface area contributed by atoms with Crippen molar-refractivity contribution in [2.45, 2.75) is 88.0 Å². The van der Waals surface area contributed by atoms with Crippen LogP contribution in [0.1, 0.15) is 62.6 Å². The SMILES string of the molecule is CC(C)CN(C(=O)Cc1ccc(Cl)c(Cl)c1)C1CC[C@@]2(O)[C@H]3Cc4ccc(O)c5c4[C@@]2(CCN3CC2CC2)C1O5.Cl. The van der Waals surface area contributed by atoms with E-state index < -0.39 is 17.1 Å². The number of phenolic OH excluding ortho intramolecular Hbond substituents is 1. The number of ether oxygens (including phenoxy) is 1. The first-order valence-corrected chi connectivity index (χ1v) is 15.6. The maximum Gasteiger partial charge on any atom is 0.227 e. The highest BCUT2D eigenvalue weighted by molar-refractivity contribution is 6.42. The summed E-state index contributed by atoms with van der Waals surface area (Å²) in [4.78, 5) is 18.6. The number of phenols is 1. The second kappa shape index (κ2) is 10.5. The zero-order valence-corrected chi connectivity index (χ0v) is 25.9. The topological polar surface area (TPSA) is 73.2 Å². The predicted molar refractivity (Wildman–Crippen MR) is 163 cm³/mol. The molecule has 0 radical (unpaired) electrons. The lowest BCUT2D eigenvalue weighted by molar-refractivity contribution is -0.202. The Morgan fingerprint density at radius 1 is 1.15 bits per heavy atom. The Labute approximate surface area is 258 Å². The van der Waals surface area contributed by atoms with Crippen molar-refractivity contribution in [1.82, 2.24) is 9.80 Å². The van der Waals surface area contributed by atoms with Gasteiger partial charge in [-0.2, -0.15) is 0 Å². The fraction of sp³-hybridized carbons (Fsp3) is 0.594. The lowest BCUT2D eigenvalue weighted by atomic mass is 9.48. The van der Waals surface area contributed by atoms with Crippen molar-refractivity contribution in [3.63, 3.8) is 0 Å². The minimum Gasteiger partial charge on any atom is -0.504 e. The van der Waals surface area contributed by atoms with Crippen LogP contribution in [0.5, 0.6) is 11.5 Å².